The molecule has 3 fully saturated rings. The van der Waals surface area contributed by atoms with Crippen LogP contribution in [0.4, 0.5) is 5.82 Å². The highest BCUT2D eigenvalue weighted by molar-refractivity contribution is 5.43. The third-order valence-corrected chi connectivity index (χ3v) is 7.25. The summed E-state index contributed by atoms with van der Waals surface area (Å²) in [5.74, 6) is 1.19. The maximum absolute atomic E-state index is 5.09. The number of aromatic nitrogens is 2. The van der Waals surface area contributed by atoms with Crippen molar-refractivity contribution in [2.75, 3.05) is 24.5 Å². The van der Waals surface area contributed by atoms with Crippen molar-refractivity contribution < 1.29 is 0 Å². The predicted octanol–water partition coefficient (Wildman–Crippen LogP) is 5.55. The molecule has 0 N–H and O–H groups in total. The molecule has 4 nitrogen and oxygen atoms in total. The molecule has 3 heterocycles. The van der Waals surface area contributed by atoms with E-state index in [0.717, 1.165) is 13.0 Å². The van der Waals surface area contributed by atoms with Gasteiger partial charge in [0.05, 0.1) is 6.04 Å². The van der Waals surface area contributed by atoms with Gasteiger partial charge >= 0.3 is 0 Å². The van der Waals surface area contributed by atoms with Gasteiger partial charge < -0.3 is 9.80 Å². The molecule has 4 rings (SSSR count). The Morgan fingerprint density at radius 3 is 2.50 bits per heavy atom. The molecule has 156 valence electrons. The minimum Gasteiger partial charge on any atom is -0.374 e. The first-order chi connectivity index (χ1) is 13.0. The Balaban J connectivity index is 1.36. The van der Waals surface area contributed by atoms with Crippen molar-refractivity contribution in [3.8, 4) is 0 Å². The SMILES string of the molecule is C=C(CC(C)(C)C)N1CC2(CC(n3nc(N4CCCCC4(C)C)cc3C)C2)C1. The lowest BCUT2D eigenvalue weighted by atomic mass is 9.60. The first-order valence-electron chi connectivity index (χ1n) is 11.2. The molecule has 0 bridgehead atoms. The summed E-state index contributed by atoms with van der Waals surface area (Å²) in [6, 6.07) is 2.90. The molecule has 3 aliphatic rings. The fourth-order valence-corrected chi connectivity index (χ4v) is 5.74. The van der Waals surface area contributed by atoms with Crippen LogP contribution in [0.25, 0.3) is 0 Å². The van der Waals surface area contributed by atoms with E-state index < -0.39 is 0 Å². The lowest BCUT2D eigenvalue weighted by Crippen LogP contribution is -2.61. The van der Waals surface area contributed by atoms with E-state index in [2.05, 4.69) is 68.7 Å². The molecule has 1 saturated carbocycles. The topological polar surface area (TPSA) is 24.3 Å². The number of aryl methyl sites for hydroxylation is 1. The Morgan fingerprint density at radius 2 is 1.89 bits per heavy atom. The van der Waals surface area contributed by atoms with Crippen molar-refractivity contribution in [1.29, 1.82) is 0 Å². The molecule has 28 heavy (non-hydrogen) atoms. The van der Waals surface area contributed by atoms with Crippen molar-refractivity contribution in [2.45, 2.75) is 91.6 Å². The van der Waals surface area contributed by atoms with E-state index in [1.807, 2.05) is 0 Å². The number of anilines is 1. The van der Waals surface area contributed by atoms with Crippen molar-refractivity contribution in [2.24, 2.45) is 10.8 Å². The molecule has 1 aromatic rings. The van der Waals surface area contributed by atoms with Crippen LogP contribution in [0.15, 0.2) is 18.3 Å². The Hall–Kier alpha value is -1.45. The highest BCUT2D eigenvalue weighted by atomic mass is 15.4. The van der Waals surface area contributed by atoms with Crippen molar-refractivity contribution in [1.82, 2.24) is 14.7 Å². The number of likely N-dealkylation sites (tertiary alicyclic amines) is 1. The number of rotatable bonds is 4. The summed E-state index contributed by atoms with van der Waals surface area (Å²) in [7, 11) is 0. The summed E-state index contributed by atoms with van der Waals surface area (Å²) in [5, 5.41) is 5.09. The number of piperidine rings is 1. The molecule has 0 amide bonds. The van der Waals surface area contributed by atoms with Gasteiger partial charge in [0.25, 0.3) is 0 Å². The first kappa shape index (κ1) is 19.8. The zero-order chi connectivity index (χ0) is 20.3. The van der Waals surface area contributed by atoms with Gasteiger partial charge in [-0.2, -0.15) is 5.10 Å². The molecule has 0 atom stereocenters. The summed E-state index contributed by atoms with van der Waals surface area (Å²) >= 11 is 0. The summed E-state index contributed by atoms with van der Waals surface area (Å²) in [6.45, 7) is 21.8. The molecule has 1 aromatic heterocycles. The minimum absolute atomic E-state index is 0.229. The molecule has 1 aliphatic carbocycles. The second-order valence-electron chi connectivity index (χ2n) is 11.7. The molecule has 4 heteroatoms. The van der Waals surface area contributed by atoms with E-state index in [0.29, 0.717) is 16.9 Å². The van der Waals surface area contributed by atoms with E-state index in [4.69, 9.17) is 5.10 Å². The third kappa shape index (κ3) is 3.59. The van der Waals surface area contributed by atoms with Crippen LogP contribution in [0.5, 0.6) is 0 Å². The van der Waals surface area contributed by atoms with Crippen LogP contribution in [0.2, 0.25) is 0 Å². The lowest BCUT2D eigenvalue weighted by molar-refractivity contribution is -0.0774. The zero-order valence-electron chi connectivity index (χ0n) is 19.0. The molecular weight excluding hydrogens is 344 g/mol. The van der Waals surface area contributed by atoms with E-state index in [1.54, 1.807) is 0 Å². The van der Waals surface area contributed by atoms with Gasteiger partial charge in [0.15, 0.2) is 5.82 Å². The fraction of sp³-hybridized carbons (Fsp3) is 0.792. The van der Waals surface area contributed by atoms with Crippen LogP contribution in [0, 0.1) is 17.8 Å². The fourth-order valence-electron chi connectivity index (χ4n) is 5.74. The van der Waals surface area contributed by atoms with Crippen molar-refractivity contribution >= 4 is 5.82 Å². The van der Waals surface area contributed by atoms with Crippen LogP contribution >= 0.6 is 0 Å². The van der Waals surface area contributed by atoms with Gasteiger partial charge in [0.1, 0.15) is 0 Å². The van der Waals surface area contributed by atoms with E-state index in [-0.39, 0.29) is 5.54 Å². The quantitative estimate of drug-likeness (QED) is 0.680. The van der Waals surface area contributed by atoms with Crippen LogP contribution in [0.1, 0.15) is 84.9 Å². The Bertz CT molecular complexity index is 737. The molecule has 0 unspecified atom stereocenters. The monoisotopic (exact) mass is 384 g/mol. The van der Waals surface area contributed by atoms with Crippen LogP contribution in [0.3, 0.4) is 0 Å². The highest BCUT2D eigenvalue weighted by Gasteiger charge is 2.53. The van der Waals surface area contributed by atoms with Crippen molar-refractivity contribution in [3.63, 3.8) is 0 Å². The number of hydrogen-bond donors (Lipinski definition) is 0. The number of hydrogen-bond acceptors (Lipinski definition) is 3. The molecular formula is C24H40N4. The summed E-state index contributed by atoms with van der Waals surface area (Å²) in [4.78, 5) is 5.05. The molecule has 2 saturated heterocycles. The van der Waals surface area contributed by atoms with Gasteiger partial charge in [-0.1, -0.05) is 27.4 Å². The second kappa shape index (κ2) is 6.53. The van der Waals surface area contributed by atoms with Gasteiger partial charge in [-0.25, -0.2) is 0 Å². The van der Waals surface area contributed by atoms with Crippen LogP contribution in [-0.4, -0.2) is 39.9 Å². The average Bonchev–Trinajstić information content (AvgIpc) is 2.83. The van der Waals surface area contributed by atoms with Crippen LogP contribution in [-0.2, 0) is 0 Å². The van der Waals surface area contributed by atoms with Crippen LogP contribution < -0.4 is 4.90 Å². The second-order valence-corrected chi connectivity index (χ2v) is 11.7. The molecule has 0 radical (unpaired) electrons. The molecule has 2 aliphatic heterocycles. The maximum atomic E-state index is 5.09. The van der Waals surface area contributed by atoms with Gasteiger partial charge in [-0.3, -0.25) is 4.68 Å². The van der Waals surface area contributed by atoms with E-state index >= 15 is 0 Å². The predicted molar refractivity (Wildman–Crippen MR) is 118 cm³/mol. The summed E-state index contributed by atoms with van der Waals surface area (Å²) in [6.07, 6.45) is 7.54. The Kier molecular flexibility index (Phi) is 4.63. The van der Waals surface area contributed by atoms with Gasteiger partial charge in [-0.15, -0.1) is 0 Å². The maximum Gasteiger partial charge on any atom is 0.151 e. The van der Waals surface area contributed by atoms with Gasteiger partial charge in [0, 0.05) is 48.0 Å². The Labute approximate surface area is 172 Å². The minimum atomic E-state index is 0.229. The molecule has 0 aromatic carbocycles. The average molecular weight is 385 g/mol. The normalized spacial score (nSPS) is 24.2. The van der Waals surface area contributed by atoms with Gasteiger partial charge in [0.2, 0.25) is 0 Å². The standard InChI is InChI=1S/C24H40N4/c1-18-12-21(27-11-9-8-10-23(27,6)7)25-28(18)20-14-24(15-20)16-26(17-24)19(2)13-22(3,4)5/h12,20H,2,8-11,13-17H2,1,3-7H3. The lowest BCUT2D eigenvalue weighted by Gasteiger charge is -2.60. The summed E-state index contributed by atoms with van der Waals surface area (Å²) in [5.41, 5.74) is 3.73. The Morgan fingerprint density at radius 1 is 1.21 bits per heavy atom. The highest BCUT2D eigenvalue weighted by Crippen LogP contribution is 2.55. The third-order valence-electron chi connectivity index (χ3n) is 7.25. The van der Waals surface area contributed by atoms with Gasteiger partial charge in [-0.05, 0) is 64.7 Å². The number of nitrogens with zero attached hydrogens (tertiary/aromatic N) is 4. The molecule has 1 spiro atoms. The summed E-state index contributed by atoms with van der Waals surface area (Å²) < 4.78 is 2.33. The largest absolute Gasteiger partial charge is 0.374 e. The van der Waals surface area contributed by atoms with E-state index in [9.17, 15) is 0 Å². The smallest absolute Gasteiger partial charge is 0.151 e. The number of allylic oxidation sites excluding steroid dienone is 1. The van der Waals surface area contributed by atoms with E-state index in [1.165, 1.54) is 62.4 Å². The zero-order valence-corrected chi connectivity index (χ0v) is 19.0. The first-order valence-corrected chi connectivity index (χ1v) is 11.2. The van der Waals surface area contributed by atoms with Crippen molar-refractivity contribution in [3.05, 3.63) is 24.0 Å².